The van der Waals surface area contributed by atoms with E-state index in [1.165, 1.54) is 38.1 Å². The number of hydrogen-bond donors (Lipinski definition) is 2. The third kappa shape index (κ3) is 4.08. The second kappa shape index (κ2) is 8.29. The van der Waals surface area contributed by atoms with Gasteiger partial charge in [0, 0.05) is 18.0 Å². The van der Waals surface area contributed by atoms with Crippen molar-refractivity contribution in [3.8, 4) is 0 Å². The molecule has 1 fully saturated rings. The van der Waals surface area contributed by atoms with E-state index in [0.29, 0.717) is 17.0 Å². The summed E-state index contributed by atoms with van der Waals surface area (Å²) < 4.78 is 24.6. The van der Waals surface area contributed by atoms with Crippen LogP contribution in [0.1, 0.15) is 53.3 Å². The fraction of sp³-hybridized carbons (Fsp3) is 0.286. The number of halogens is 2. The fourth-order valence-corrected chi connectivity index (χ4v) is 3.48. The molecule has 4 rings (SSSR count). The zero-order valence-corrected chi connectivity index (χ0v) is 15.5. The van der Waals surface area contributed by atoms with Gasteiger partial charge in [-0.2, -0.15) is 0 Å². The summed E-state index contributed by atoms with van der Waals surface area (Å²) in [6.07, 6.45) is 6.11. The number of fused-ring (bicyclic) bond motifs is 1. The number of nitrogens with one attached hydrogen (secondary N) is 1. The summed E-state index contributed by atoms with van der Waals surface area (Å²) in [5.41, 5.74) is 7.05. The largest absolute Gasteiger partial charge is 0.364 e. The summed E-state index contributed by atoms with van der Waals surface area (Å²) in [6.45, 7) is 1.53. The summed E-state index contributed by atoms with van der Waals surface area (Å²) in [4.78, 5) is 30.7. The van der Waals surface area contributed by atoms with Gasteiger partial charge in [0.05, 0.1) is 10.9 Å². The summed E-state index contributed by atoms with van der Waals surface area (Å²) >= 11 is 0. The fourth-order valence-electron chi connectivity index (χ4n) is 3.48. The van der Waals surface area contributed by atoms with Crippen molar-refractivity contribution in [2.45, 2.75) is 38.5 Å². The van der Waals surface area contributed by atoms with Crippen LogP contribution in [0.5, 0.6) is 0 Å². The highest BCUT2D eigenvalue weighted by Crippen LogP contribution is 2.33. The smallest absolute Gasteiger partial charge is 0.268 e. The number of hydrogen-bond acceptors (Lipinski definition) is 3. The Morgan fingerprint density at radius 2 is 1.93 bits per heavy atom. The van der Waals surface area contributed by atoms with Gasteiger partial charge in [0.15, 0.2) is 17.1 Å². The Morgan fingerprint density at radius 3 is 2.54 bits per heavy atom. The van der Waals surface area contributed by atoms with Crippen LogP contribution in [0.15, 0.2) is 41.3 Å². The maximum Gasteiger partial charge on any atom is 0.268 e. The average Bonchev–Trinajstić information content (AvgIpc) is 3.21. The van der Waals surface area contributed by atoms with Crippen molar-refractivity contribution in [1.29, 1.82) is 0 Å². The van der Waals surface area contributed by atoms with Gasteiger partial charge in [-0.1, -0.05) is 25.0 Å². The van der Waals surface area contributed by atoms with Crippen molar-refractivity contribution >= 4 is 16.8 Å². The molecule has 1 aromatic carbocycles. The summed E-state index contributed by atoms with van der Waals surface area (Å²) in [5, 5.41) is 0.289. The number of amides is 1. The molecule has 0 atom stereocenters. The molecule has 0 radical (unpaired) electrons. The molecule has 1 amide bonds. The molecule has 0 saturated heterocycles. The minimum atomic E-state index is -0.782. The van der Waals surface area contributed by atoms with Crippen molar-refractivity contribution in [3.63, 3.8) is 0 Å². The number of aryl methyl sites for hydroxylation is 1. The Kier molecular flexibility index (Phi) is 5.82. The predicted molar refractivity (Wildman–Crippen MR) is 103 cm³/mol. The lowest BCUT2D eigenvalue weighted by molar-refractivity contribution is 0.0997. The van der Waals surface area contributed by atoms with Crippen molar-refractivity contribution in [2.75, 3.05) is 0 Å². The van der Waals surface area contributed by atoms with E-state index in [9.17, 15) is 18.4 Å². The van der Waals surface area contributed by atoms with Crippen LogP contribution in [-0.4, -0.2) is 15.9 Å². The molecule has 5 nitrogen and oxygen atoms in total. The third-order valence-corrected chi connectivity index (χ3v) is 4.94. The van der Waals surface area contributed by atoms with Gasteiger partial charge >= 0.3 is 0 Å². The SMILES string of the molecule is Cc1cccc(F)c1F.NC(=O)c1nccc2[nH]c(C3CCCC3)cc(=O)c12. The molecule has 146 valence electrons. The quantitative estimate of drug-likeness (QED) is 0.700. The highest BCUT2D eigenvalue weighted by molar-refractivity contribution is 6.03. The zero-order chi connectivity index (χ0) is 20.3. The van der Waals surface area contributed by atoms with Crippen molar-refractivity contribution in [3.05, 3.63) is 75.3 Å². The van der Waals surface area contributed by atoms with E-state index < -0.39 is 17.5 Å². The van der Waals surface area contributed by atoms with Crippen LogP contribution in [0.4, 0.5) is 8.78 Å². The van der Waals surface area contributed by atoms with Crippen molar-refractivity contribution in [2.24, 2.45) is 5.73 Å². The second-order valence-corrected chi connectivity index (χ2v) is 6.89. The van der Waals surface area contributed by atoms with Crippen LogP contribution >= 0.6 is 0 Å². The first kappa shape index (κ1) is 19.7. The molecule has 1 aliphatic rings. The first-order chi connectivity index (χ1) is 13.4. The lowest BCUT2D eigenvalue weighted by atomic mass is 10.0. The van der Waals surface area contributed by atoms with Crippen molar-refractivity contribution in [1.82, 2.24) is 9.97 Å². The minimum absolute atomic E-state index is 0.0386. The number of aromatic nitrogens is 2. The van der Waals surface area contributed by atoms with Crippen LogP contribution in [0, 0.1) is 18.6 Å². The number of benzene rings is 1. The molecule has 0 unspecified atom stereocenters. The number of nitrogens with two attached hydrogens (primary N) is 1. The van der Waals surface area contributed by atoms with E-state index in [4.69, 9.17) is 5.73 Å². The van der Waals surface area contributed by atoms with E-state index in [2.05, 4.69) is 9.97 Å². The molecule has 0 spiro atoms. The first-order valence-corrected chi connectivity index (χ1v) is 9.11. The molecular weight excluding hydrogens is 364 g/mol. The topological polar surface area (TPSA) is 88.8 Å². The van der Waals surface area contributed by atoms with Crippen LogP contribution < -0.4 is 11.2 Å². The number of H-pyrrole nitrogens is 1. The maximum atomic E-state index is 12.4. The zero-order valence-electron chi connectivity index (χ0n) is 15.5. The minimum Gasteiger partial charge on any atom is -0.364 e. The first-order valence-electron chi connectivity index (χ1n) is 9.11. The molecule has 0 bridgehead atoms. The molecule has 2 heterocycles. The molecule has 1 aliphatic carbocycles. The number of primary amides is 1. The number of carbonyl (C=O) groups is 1. The Morgan fingerprint density at radius 1 is 1.21 bits per heavy atom. The van der Waals surface area contributed by atoms with Gasteiger partial charge in [0.2, 0.25) is 0 Å². The van der Waals surface area contributed by atoms with E-state index in [1.807, 2.05) is 0 Å². The number of nitrogens with zero attached hydrogens (tertiary/aromatic N) is 1. The summed E-state index contributed by atoms with van der Waals surface area (Å²) in [5.74, 6) is -1.79. The van der Waals surface area contributed by atoms with Gasteiger partial charge < -0.3 is 10.7 Å². The van der Waals surface area contributed by atoms with E-state index in [1.54, 1.807) is 12.1 Å². The summed E-state index contributed by atoms with van der Waals surface area (Å²) in [7, 11) is 0. The van der Waals surface area contributed by atoms with Gasteiger partial charge in [-0.3, -0.25) is 14.6 Å². The Hall–Kier alpha value is -3.09. The molecule has 2 aromatic heterocycles. The van der Waals surface area contributed by atoms with E-state index in [-0.39, 0.29) is 16.5 Å². The Balaban J connectivity index is 0.000000211. The van der Waals surface area contributed by atoms with Crippen LogP contribution in [0.2, 0.25) is 0 Å². The van der Waals surface area contributed by atoms with Gasteiger partial charge in [-0.25, -0.2) is 8.78 Å². The highest BCUT2D eigenvalue weighted by Gasteiger charge is 2.20. The molecule has 7 heteroatoms. The third-order valence-electron chi connectivity index (χ3n) is 4.94. The molecule has 28 heavy (non-hydrogen) atoms. The molecular formula is C21H21F2N3O2. The van der Waals surface area contributed by atoms with Crippen LogP contribution in [0.3, 0.4) is 0 Å². The number of carbonyl (C=O) groups excluding carboxylic acids is 1. The molecule has 3 aromatic rings. The monoisotopic (exact) mass is 385 g/mol. The van der Waals surface area contributed by atoms with Gasteiger partial charge in [0.1, 0.15) is 5.69 Å². The average molecular weight is 385 g/mol. The molecule has 0 aliphatic heterocycles. The van der Waals surface area contributed by atoms with Crippen LogP contribution in [0.25, 0.3) is 10.9 Å². The molecule has 1 saturated carbocycles. The van der Waals surface area contributed by atoms with E-state index >= 15 is 0 Å². The second-order valence-electron chi connectivity index (χ2n) is 6.89. The van der Waals surface area contributed by atoms with Gasteiger partial charge in [-0.05, 0) is 43.4 Å². The number of rotatable bonds is 2. The Labute approximate surface area is 160 Å². The lowest BCUT2D eigenvalue weighted by Crippen LogP contribution is -2.18. The van der Waals surface area contributed by atoms with Gasteiger partial charge in [0.25, 0.3) is 5.91 Å². The standard InChI is InChI=1S/C14H15N3O2.C7H6F2/c15-14(19)13-12-9(5-6-16-13)17-10(7-11(12)18)8-3-1-2-4-8;1-5-3-2-4-6(8)7(5)9/h5-8H,1-4H2,(H2,15,19)(H,17,18);2-4H,1H3. The van der Waals surface area contributed by atoms with Crippen molar-refractivity contribution < 1.29 is 13.6 Å². The van der Waals surface area contributed by atoms with E-state index in [0.717, 1.165) is 24.6 Å². The normalized spacial score (nSPS) is 14.0. The number of pyridine rings is 2. The summed E-state index contributed by atoms with van der Waals surface area (Å²) in [6, 6.07) is 7.41. The maximum absolute atomic E-state index is 12.4. The predicted octanol–water partition coefficient (Wildman–Crippen LogP) is 3.95. The molecule has 3 N–H and O–H groups in total. The number of aromatic amines is 1. The van der Waals surface area contributed by atoms with Gasteiger partial charge in [-0.15, -0.1) is 0 Å². The van der Waals surface area contributed by atoms with Crippen LogP contribution in [-0.2, 0) is 0 Å². The highest BCUT2D eigenvalue weighted by atomic mass is 19.2. The lowest BCUT2D eigenvalue weighted by Gasteiger charge is -2.11. The Bertz CT molecular complexity index is 1050.